The van der Waals surface area contributed by atoms with E-state index in [1.54, 1.807) is 0 Å². The minimum atomic E-state index is -1.02. The first-order valence-corrected chi connectivity index (χ1v) is 12.0. The van der Waals surface area contributed by atoms with Crippen LogP contribution in [0.4, 0.5) is 5.69 Å². The van der Waals surface area contributed by atoms with E-state index in [1.165, 1.54) is 26.2 Å². The topological polar surface area (TPSA) is 161 Å². The molecule has 11 nitrogen and oxygen atoms in total. The number of benzene rings is 1. The summed E-state index contributed by atoms with van der Waals surface area (Å²) in [5.41, 5.74) is 5.35. The van der Waals surface area contributed by atoms with Crippen molar-refractivity contribution in [3.05, 3.63) is 27.8 Å². The van der Waals surface area contributed by atoms with Crippen LogP contribution in [0.5, 0.6) is 11.5 Å². The van der Waals surface area contributed by atoms with Gasteiger partial charge in [0, 0.05) is 13.0 Å². The lowest BCUT2D eigenvalue weighted by atomic mass is 10.1. The summed E-state index contributed by atoms with van der Waals surface area (Å²) in [5.74, 6) is 0.437. The fourth-order valence-corrected chi connectivity index (χ4v) is 3.25. The lowest BCUT2D eigenvalue weighted by molar-refractivity contribution is -0.386. The van der Waals surface area contributed by atoms with Gasteiger partial charge in [-0.25, -0.2) is 0 Å². The zero-order valence-corrected chi connectivity index (χ0v) is 20.4. The zero-order chi connectivity index (χ0) is 25.2. The Morgan fingerprint density at radius 2 is 1.71 bits per heavy atom. The third kappa shape index (κ3) is 12.1. The van der Waals surface area contributed by atoms with Gasteiger partial charge >= 0.3 is 0 Å². The average Bonchev–Trinajstić information content (AvgIpc) is 2.81. The van der Waals surface area contributed by atoms with Gasteiger partial charge in [0.1, 0.15) is 0 Å². The van der Waals surface area contributed by atoms with Crippen LogP contribution in [0.2, 0.25) is 0 Å². The van der Waals surface area contributed by atoms with Gasteiger partial charge in [-0.2, -0.15) is 0 Å². The number of amides is 1. The molecule has 0 heterocycles. The van der Waals surface area contributed by atoms with Crippen molar-refractivity contribution in [3.63, 3.8) is 0 Å². The molecule has 0 aliphatic rings. The Morgan fingerprint density at radius 1 is 1.06 bits per heavy atom. The SMILES string of the molecule is COc1cc(C(C)O)c([N+](=O)[O-])cc1OCCCC(=O)NCCCNCCCCNCCCN. The quantitative estimate of drug-likeness (QED) is 0.105. The standard InChI is InChI=1S/C23H41N5O6/c1-18(29)19-16-21(33-2)22(17-20(19)28(31)32)34-15-5-8-23(30)27-14-7-13-26-11-4-3-10-25-12-6-9-24/h16-18,25-26,29H,3-15,24H2,1-2H3,(H,27,30). The van der Waals surface area contributed by atoms with Crippen LogP contribution in [0.15, 0.2) is 12.1 Å². The van der Waals surface area contributed by atoms with E-state index in [9.17, 15) is 20.0 Å². The molecule has 6 N–H and O–H groups in total. The number of aliphatic hydroxyl groups excluding tert-OH is 1. The molecule has 1 rings (SSSR count). The van der Waals surface area contributed by atoms with Crippen LogP contribution in [-0.4, -0.2) is 68.9 Å². The monoisotopic (exact) mass is 483 g/mol. The Labute approximate surface area is 201 Å². The third-order valence-electron chi connectivity index (χ3n) is 5.13. The smallest absolute Gasteiger partial charge is 0.279 e. The number of hydrogen-bond donors (Lipinski definition) is 5. The molecule has 1 amide bonds. The molecular formula is C23H41N5O6. The Hall–Kier alpha value is -2.47. The van der Waals surface area contributed by atoms with Gasteiger partial charge in [0.25, 0.3) is 5.69 Å². The molecule has 0 saturated heterocycles. The molecule has 0 bridgehead atoms. The van der Waals surface area contributed by atoms with E-state index in [0.29, 0.717) is 25.1 Å². The number of carbonyl (C=O) groups excluding carboxylic acids is 1. The van der Waals surface area contributed by atoms with Gasteiger partial charge in [-0.05, 0) is 77.8 Å². The molecule has 0 aliphatic carbocycles. The fraction of sp³-hybridized carbons (Fsp3) is 0.696. The molecule has 0 radical (unpaired) electrons. The summed E-state index contributed by atoms with van der Waals surface area (Å²) < 4.78 is 10.8. The molecule has 194 valence electrons. The van der Waals surface area contributed by atoms with E-state index in [-0.39, 0.29) is 29.5 Å². The van der Waals surface area contributed by atoms with Gasteiger partial charge in [0.05, 0.1) is 36.4 Å². The van der Waals surface area contributed by atoms with Crippen LogP contribution in [-0.2, 0) is 4.79 Å². The number of nitrogens with two attached hydrogens (primary N) is 1. The highest BCUT2D eigenvalue weighted by Gasteiger charge is 2.22. The second-order valence-corrected chi connectivity index (χ2v) is 8.00. The van der Waals surface area contributed by atoms with E-state index >= 15 is 0 Å². The number of methoxy groups -OCH3 is 1. The first kappa shape index (κ1) is 29.6. The summed E-state index contributed by atoms with van der Waals surface area (Å²) in [5, 5.41) is 30.7. The molecule has 1 atom stereocenters. The van der Waals surface area contributed by atoms with E-state index in [4.69, 9.17) is 15.2 Å². The minimum absolute atomic E-state index is 0.0606. The van der Waals surface area contributed by atoms with Crippen LogP contribution in [0.3, 0.4) is 0 Å². The maximum Gasteiger partial charge on any atom is 0.279 e. The van der Waals surface area contributed by atoms with Gasteiger partial charge in [-0.3, -0.25) is 14.9 Å². The number of nitro groups is 1. The number of aliphatic hydroxyl groups is 1. The molecular weight excluding hydrogens is 442 g/mol. The first-order valence-electron chi connectivity index (χ1n) is 12.0. The van der Waals surface area contributed by atoms with E-state index < -0.39 is 11.0 Å². The van der Waals surface area contributed by atoms with Gasteiger partial charge in [-0.15, -0.1) is 0 Å². The summed E-state index contributed by atoms with van der Waals surface area (Å²) >= 11 is 0. The molecule has 0 saturated carbocycles. The van der Waals surface area contributed by atoms with Crippen molar-refractivity contribution < 1.29 is 24.3 Å². The number of nitro benzene ring substituents is 1. The van der Waals surface area contributed by atoms with Gasteiger partial charge < -0.3 is 36.3 Å². The third-order valence-corrected chi connectivity index (χ3v) is 5.13. The highest BCUT2D eigenvalue weighted by atomic mass is 16.6. The number of unbranched alkanes of at least 4 members (excludes halogenated alkanes) is 1. The lowest BCUT2D eigenvalue weighted by Gasteiger charge is -2.14. The lowest BCUT2D eigenvalue weighted by Crippen LogP contribution is -2.28. The van der Waals surface area contributed by atoms with Crippen LogP contribution < -0.4 is 31.2 Å². The number of nitrogens with one attached hydrogen (secondary N) is 3. The zero-order valence-electron chi connectivity index (χ0n) is 20.4. The number of nitrogens with zero attached hydrogens (tertiary/aromatic N) is 1. The Bertz CT molecular complexity index is 732. The van der Waals surface area contributed by atoms with E-state index in [0.717, 1.165) is 58.4 Å². The molecule has 1 unspecified atom stereocenters. The van der Waals surface area contributed by atoms with Crippen LogP contribution in [0.1, 0.15) is 57.1 Å². The average molecular weight is 484 g/mol. The highest BCUT2D eigenvalue weighted by Crippen LogP contribution is 2.37. The number of carbonyl (C=O) groups is 1. The molecule has 34 heavy (non-hydrogen) atoms. The van der Waals surface area contributed by atoms with Crippen LogP contribution in [0, 0.1) is 10.1 Å². The molecule has 1 aromatic carbocycles. The molecule has 0 fully saturated rings. The van der Waals surface area contributed by atoms with E-state index in [2.05, 4.69) is 16.0 Å². The molecule has 11 heteroatoms. The van der Waals surface area contributed by atoms with Crippen molar-refractivity contribution in [1.29, 1.82) is 0 Å². The maximum absolute atomic E-state index is 12.0. The Balaban J connectivity index is 2.18. The van der Waals surface area contributed by atoms with Crippen LogP contribution in [0.25, 0.3) is 0 Å². The molecule has 0 aliphatic heterocycles. The van der Waals surface area contributed by atoms with Gasteiger partial charge in [0.15, 0.2) is 11.5 Å². The largest absolute Gasteiger partial charge is 0.493 e. The maximum atomic E-state index is 12.0. The summed E-state index contributed by atoms with van der Waals surface area (Å²) in [6.07, 6.45) is 3.83. The first-order chi connectivity index (χ1) is 16.4. The highest BCUT2D eigenvalue weighted by molar-refractivity contribution is 5.75. The number of ether oxygens (including phenoxy) is 2. The minimum Gasteiger partial charge on any atom is -0.493 e. The second-order valence-electron chi connectivity index (χ2n) is 8.00. The van der Waals surface area contributed by atoms with Gasteiger partial charge in [-0.1, -0.05) is 0 Å². The Morgan fingerprint density at radius 3 is 2.29 bits per heavy atom. The van der Waals surface area contributed by atoms with Crippen molar-refractivity contribution >= 4 is 11.6 Å². The van der Waals surface area contributed by atoms with Crippen molar-refractivity contribution in [1.82, 2.24) is 16.0 Å². The van der Waals surface area contributed by atoms with Gasteiger partial charge in [0.2, 0.25) is 5.91 Å². The summed E-state index contributed by atoms with van der Waals surface area (Å²) in [4.78, 5) is 22.7. The van der Waals surface area contributed by atoms with Crippen molar-refractivity contribution in [3.8, 4) is 11.5 Å². The van der Waals surface area contributed by atoms with E-state index in [1.807, 2.05) is 0 Å². The molecule has 0 aromatic heterocycles. The van der Waals surface area contributed by atoms with Crippen LogP contribution >= 0.6 is 0 Å². The molecule has 1 aromatic rings. The van der Waals surface area contributed by atoms with Crippen molar-refractivity contribution in [2.75, 3.05) is 53.0 Å². The number of hydrogen-bond acceptors (Lipinski definition) is 9. The summed E-state index contributed by atoms with van der Waals surface area (Å²) in [6, 6.07) is 2.64. The predicted octanol–water partition coefficient (Wildman–Crippen LogP) is 1.63. The Kier molecular flexibility index (Phi) is 15.6. The molecule has 0 spiro atoms. The predicted molar refractivity (Wildman–Crippen MR) is 131 cm³/mol. The second kappa shape index (κ2) is 17.9. The summed E-state index contributed by atoms with van der Waals surface area (Å²) in [6.45, 7) is 6.78. The number of rotatable bonds is 20. The van der Waals surface area contributed by atoms with Crippen molar-refractivity contribution in [2.24, 2.45) is 5.73 Å². The summed E-state index contributed by atoms with van der Waals surface area (Å²) in [7, 11) is 1.42. The normalized spacial score (nSPS) is 11.8. The fourth-order valence-electron chi connectivity index (χ4n) is 3.25. The van der Waals surface area contributed by atoms with Crippen molar-refractivity contribution in [2.45, 2.75) is 51.6 Å².